The molecule has 2 N–H and O–H groups in total. The van der Waals surface area contributed by atoms with E-state index >= 15 is 0 Å². The zero-order valence-corrected chi connectivity index (χ0v) is 12.1. The fraction of sp³-hybridized carbons (Fsp3) is 0.929. The summed E-state index contributed by atoms with van der Waals surface area (Å²) >= 11 is 0. The minimum Gasteiger partial charge on any atom is -0.342 e. The number of amides is 1. The molecule has 0 heterocycles. The van der Waals surface area contributed by atoms with Crippen LogP contribution in [0.4, 0.5) is 13.2 Å². The molecule has 1 aliphatic rings. The minimum absolute atomic E-state index is 0.0504. The summed E-state index contributed by atoms with van der Waals surface area (Å²) in [7, 11) is 0. The molecule has 0 aromatic heterocycles. The number of alkyl halides is 3. The average Bonchev–Trinajstić information content (AvgIpc) is 2.42. The van der Waals surface area contributed by atoms with E-state index in [0.717, 1.165) is 6.42 Å². The predicted molar refractivity (Wildman–Crippen MR) is 72.0 cm³/mol. The first-order chi connectivity index (χ1) is 9.40. The van der Waals surface area contributed by atoms with E-state index in [2.05, 4.69) is 0 Å². The van der Waals surface area contributed by atoms with Crippen LogP contribution in [0.2, 0.25) is 0 Å². The quantitative estimate of drug-likeness (QED) is 0.818. The summed E-state index contributed by atoms with van der Waals surface area (Å²) < 4.78 is 38.4. The van der Waals surface area contributed by atoms with E-state index in [4.69, 9.17) is 5.73 Å². The largest absolute Gasteiger partial charge is 0.391 e. The average molecular weight is 294 g/mol. The van der Waals surface area contributed by atoms with Crippen molar-refractivity contribution in [3.8, 4) is 0 Å². The van der Waals surface area contributed by atoms with Gasteiger partial charge in [-0.2, -0.15) is 13.2 Å². The summed E-state index contributed by atoms with van der Waals surface area (Å²) in [6.45, 7) is 3.60. The van der Waals surface area contributed by atoms with Crippen LogP contribution in [-0.2, 0) is 4.79 Å². The van der Waals surface area contributed by atoms with Gasteiger partial charge < -0.3 is 10.6 Å². The van der Waals surface area contributed by atoms with E-state index < -0.39 is 18.0 Å². The van der Waals surface area contributed by atoms with Crippen molar-refractivity contribution in [2.24, 2.45) is 17.6 Å². The van der Waals surface area contributed by atoms with Crippen LogP contribution in [-0.4, -0.2) is 36.6 Å². The standard InChI is InChI=1S/C14H25F3N2O/c1-2-8-19(9-4-7-18)13(20)11-5-3-6-12(10-11)14(15,16)17/h11-12H,2-10,18H2,1H3. The van der Waals surface area contributed by atoms with Crippen LogP contribution >= 0.6 is 0 Å². The van der Waals surface area contributed by atoms with Gasteiger partial charge >= 0.3 is 6.18 Å². The molecule has 1 amide bonds. The highest BCUT2D eigenvalue weighted by Gasteiger charge is 2.44. The van der Waals surface area contributed by atoms with Gasteiger partial charge in [-0.25, -0.2) is 0 Å². The molecule has 2 unspecified atom stereocenters. The zero-order chi connectivity index (χ0) is 15.2. The molecule has 0 radical (unpaired) electrons. The van der Waals surface area contributed by atoms with Gasteiger partial charge in [0.25, 0.3) is 0 Å². The molecule has 1 rings (SSSR count). The van der Waals surface area contributed by atoms with Gasteiger partial charge in [0.05, 0.1) is 5.92 Å². The van der Waals surface area contributed by atoms with Crippen molar-refractivity contribution in [1.29, 1.82) is 0 Å². The third kappa shape index (κ3) is 4.96. The van der Waals surface area contributed by atoms with E-state index in [1.807, 2.05) is 6.92 Å². The van der Waals surface area contributed by atoms with Crippen LogP contribution in [0.25, 0.3) is 0 Å². The Morgan fingerprint density at radius 3 is 2.55 bits per heavy atom. The molecule has 20 heavy (non-hydrogen) atoms. The molecule has 0 bridgehead atoms. The summed E-state index contributed by atoms with van der Waals surface area (Å²) in [5.41, 5.74) is 5.44. The highest BCUT2D eigenvalue weighted by atomic mass is 19.4. The van der Waals surface area contributed by atoms with Crippen molar-refractivity contribution < 1.29 is 18.0 Å². The first kappa shape index (κ1) is 17.3. The maximum absolute atomic E-state index is 12.8. The number of rotatable bonds is 6. The van der Waals surface area contributed by atoms with Gasteiger partial charge in [0, 0.05) is 19.0 Å². The lowest BCUT2D eigenvalue weighted by molar-refractivity contribution is -0.187. The number of carbonyl (C=O) groups is 1. The molecule has 0 aliphatic heterocycles. The number of halogens is 3. The molecular formula is C14H25F3N2O. The van der Waals surface area contributed by atoms with Crippen molar-refractivity contribution in [3.05, 3.63) is 0 Å². The maximum atomic E-state index is 12.8. The molecule has 1 fully saturated rings. The number of nitrogens with zero attached hydrogens (tertiary/aromatic N) is 1. The highest BCUT2D eigenvalue weighted by Crippen LogP contribution is 2.40. The van der Waals surface area contributed by atoms with E-state index in [0.29, 0.717) is 38.9 Å². The second-order valence-electron chi connectivity index (χ2n) is 5.57. The molecule has 6 heteroatoms. The molecule has 2 atom stereocenters. The fourth-order valence-corrected chi connectivity index (χ4v) is 2.85. The van der Waals surface area contributed by atoms with Gasteiger partial charge in [0.2, 0.25) is 5.91 Å². The molecule has 1 saturated carbocycles. The van der Waals surface area contributed by atoms with Crippen LogP contribution in [0.5, 0.6) is 0 Å². The third-order valence-corrected chi connectivity index (χ3v) is 3.92. The van der Waals surface area contributed by atoms with Crippen molar-refractivity contribution in [3.63, 3.8) is 0 Å². The van der Waals surface area contributed by atoms with Gasteiger partial charge in [-0.1, -0.05) is 13.3 Å². The fourth-order valence-electron chi connectivity index (χ4n) is 2.85. The SMILES string of the molecule is CCCN(CCCN)C(=O)C1CCCC(C(F)(F)F)C1. The third-order valence-electron chi connectivity index (χ3n) is 3.92. The van der Waals surface area contributed by atoms with Crippen molar-refractivity contribution in [1.82, 2.24) is 4.90 Å². The Balaban J connectivity index is 2.63. The zero-order valence-electron chi connectivity index (χ0n) is 12.1. The van der Waals surface area contributed by atoms with Crippen LogP contribution in [0.1, 0.15) is 45.4 Å². The second kappa shape index (κ2) is 7.86. The molecule has 0 aromatic rings. The lowest BCUT2D eigenvalue weighted by atomic mass is 9.80. The van der Waals surface area contributed by atoms with Crippen LogP contribution in [0.15, 0.2) is 0 Å². The molecule has 0 aromatic carbocycles. The highest BCUT2D eigenvalue weighted by molar-refractivity contribution is 5.79. The van der Waals surface area contributed by atoms with E-state index in [-0.39, 0.29) is 18.7 Å². The summed E-state index contributed by atoms with van der Waals surface area (Å²) in [6, 6.07) is 0. The Labute approximate surface area is 118 Å². The van der Waals surface area contributed by atoms with Gasteiger partial charge in [-0.15, -0.1) is 0 Å². The topological polar surface area (TPSA) is 46.3 Å². The van der Waals surface area contributed by atoms with Gasteiger partial charge in [0.15, 0.2) is 0 Å². The first-order valence-electron chi connectivity index (χ1n) is 7.45. The lowest BCUT2D eigenvalue weighted by Gasteiger charge is -2.33. The Kier molecular flexibility index (Phi) is 6.79. The number of carbonyl (C=O) groups excluding carboxylic acids is 1. The number of hydrogen-bond acceptors (Lipinski definition) is 2. The molecule has 0 saturated heterocycles. The Morgan fingerprint density at radius 1 is 1.30 bits per heavy atom. The molecule has 3 nitrogen and oxygen atoms in total. The summed E-state index contributed by atoms with van der Waals surface area (Å²) in [5.74, 6) is -1.91. The Hall–Kier alpha value is -0.780. The molecular weight excluding hydrogens is 269 g/mol. The molecule has 0 spiro atoms. The van der Waals surface area contributed by atoms with E-state index in [1.165, 1.54) is 0 Å². The normalized spacial score (nSPS) is 23.6. The van der Waals surface area contributed by atoms with Crippen molar-refractivity contribution >= 4 is 5.91 Å². The van der Waals surface area contributed by atoms with Crippen LogP contribution < -0.4 is 5.73 Å². The van der Waals surface area contributed by atoms with E-state index in [9.17, 15) is 18.0 Å². The summed E-state index contributed by atoms with van der Waals surface area (Å²) in [6.07, 6.45) is -1.50. The number of nitrogens with two attached hydrogens (primary N) is 1. The van der Waals surface area contributed by atoms with Crippen LogP contribution in [0.3, 0.4) is 0 Å². The van der Waals surface area contributed by atoms with Crippen molar-refractivity contribution in [2.45, 2.75) is 51.6 Å². The smallest absolute Gasteiger partial charge is 0.342 e. The van der Waals surface area contributed by atoms with Gasteiger partial charge in [-0.05, 0) is 38.6 Å². The Bertz CT molecular complexity index is 307. The van der Waals surface area contributed by atoms with Gasteiger partial charge in [0.1, 0.15) is 0 Å². The van der Waals surface area contributed by atoms with Crippen molar-refractivity contribution in [2.75, 3.05) is 19.6 Å². The number of hydrogen-bond donors (Lipinski definition) is 1. The summed E-state index contributed by atoms with van der Waals surface area (Å²) in [5, 5.41) is 0. The van der Waals surface area contributed by atoms with Crippen LogP contribution in [0, 0.1) is 11.8 Å². The minimum atomic E-state index is -4.17. The lowest BCUT2D eigenvalue weighted by Crippen LogP contribution is -2.41. The molecule has 1 aliphatic carbocycles. The predicted octanol–water partition coefficient (Wildman–Crippen LogP) is 2.94. The molecule has 118 valence electrons. The first-order valence-corrected chi connectivity index (χ1v) is 7.45. The maximum Gasteiger partial charge on any atom is 0.391 e. The van der Waals surface area contributed by atoms with Gasteiger partial charge in [-0.3, -0.25) is 4.79 Å². The monoisotopic (exact) mass is 294 g/mol. The second-order valence-corrected chi connectivity index (χ2v) is 5.57. The summed E-state index contributed by atoms with van der Waals surface area (Å²) in [4.78, 5) is 14.1. The van der Waals surface area contributed by atoms with E-state index in [1.54, 1.807) is 4.90 Å². The Morgan fingerprint density at radius 2 is 2.00 bits per heavy atom.